The number of pyridine rings is 1. The van der Waals surface area contributed by atoms with E-state index in [1.54, 1.807) is 6.07 Å². The zero-order valence-corrected chi connectivity index (χ0v) is 16.3. The second-order valence-electron chi connectivity index (χ2n) is 5.80. The van der Waals surface area contributed by atoms with E-state index in [9.17, 15) is 9.59 Å². The van der Waals surface area contributed by atoms with Crippen molar-refractivity contribution in [3.63, 3.8) is 0 Å². The summed E-state index contributed by atoms with van der Waals surface area (Å²) in [6, 6.07) is 16.3. The minimum absolute atomic E-state index is 0.357. The fraction of sp³-hybridized carbons (Fsp3) is 0.150. The Kier molecular flexibility index (Phi) is 5.82. The number of nitrogens with zero attached hydrogens (tertiary/aromatic N) is 1. The van der Waals surface area contributed by atoms with Gasteiger partial charge in [-0.25, -0.2) is 4.79 Å². The normalized spacial score (nSPS) is 11.8. The van der Waals surface area contributed by atoms with Crippen LogP contribution in [-0.4, -0.2) is 30.0 Å². The lowest BCUT2D eigenvalue weighted by Gasteiger charge is -2.17. The lowest BCUT2D eigenvalue weighted by Crippen LogP contribution is -2.43. The number of hydrogen-bond donors (Lipinski definition) is 1. The minimum atomic E-state index is -0.767. The molecule has 3 aromatic rings. The summed E-state index contributed by atoms with van der Waals surface area (Å²) in [6.45, 7) is 0. The van der Waals surface area contributed by atoms with Crippen molar-refractivity contribution in [3.05, 3.63) is 75.5 Å². The van der Waals surface area contributed by atoms with Crippen molar-refractivity contribution in [1.82, 2.24) is 10.3 Å². The van der Waals surface area contributed by atoms with E-state index in [1.165, 1.54) is 13.3 Å². The quantitative estimate of drug-likeness (QED) is 0.469. The molecule has 0 bridgehead atoms. The highest BCUT2D eigenvalue weighted by Crippen LogP contribution is 2.14. The lowest BCUT2D eigenvalue weighted by molar-refractivity contribution is -0.142. The molecule has 132 valence electrons. The van der Waals surface area contributed by atoms with Gasteiger partial charge in [-0.3, -0.25) is 9.78 Å². The van der Waals surface area contributed by atoms with Crippen molar-refractivity contribution in [3.8, 4) is 0 Å². The first-order valence-electron chi connectivity index (χ1n) is 8.05. The van der Waals surface area contributed by atoms with E-state index in [4.69, 9.17) is 4.74 Å². The third kappa shape index (κ3) is 4.37. The first-order chi connectivity index (χ1) is 12.6. The predicted octanol–water partition coefficient (Wildman–Crippen LogP) is 3.35. The molecular formula is C20H17IN2O3. The maximum absolute atomic E-state index is 12.6. The van der Waals surface area contributed by atoms with Crippen LogP contribution >= 0.6 is 22.6 Å². The molecule has 0 fully saturated rings. The maximum Gasteiger partial charge on any atom is 0.328 e. The number of halogens is 1. The van der Waals surface area contributed by atoms with E-state index >= 15 is 0 Å². The number of nitrogens with one attached hydrogen (secondary N) is 1. The third-order valence-corrected chi connectivity index (χ3v) is 4.64. The van der Waals surface area contributed by atoms with Crippen LogP contribution in [0.1, 0.15) is 15.9 Å². The molecule has 0 saturated heterocycles. The Hall–Kier alpha value is -2.48. The van der Waals surface area contributed by atoms with Gasteiger partial charge in [-0.15, -0.1) is 0 Å². The van der Waals surface area contributed by atoms with Gasteiger partial charge >= 0.3 is 5.97 Å². The Morgan fingerprint density at radius 2 is 1.96 bits per heavy atom. The molecule has 0 aliphatic heterocycles. The molecule has 1 heterocycles. The van der Waals surface area contributed by atoms with Gasteiger partial charge in [-0.05, 0) is 52.4 Å². The smallest absolute Gasteiger partial charge is 0.328 e. The first-order valence-corrected chi connectivity index (χ1v) is 9.12. The minimum Gasteiger partial charge on any atom is -0.467 e. The summed E-state index contributed by atoms with van der Waals surface area (Å²) >= 11 is 2.21. The fourth-order valence-corrected chi connectivity index (χ4v) is 3.28. The molecule has 3 rings (SSSR count). The SMILES string of the molecule is COC(=O)[C@@H](Cc1cccc(I)c1)NC(=O)c1cnc2ccccc2c1. The summed E-state index contributed by atoms with van der Waals surface area (Å²) < 4.78 is 5.91. The van der Waals surface area contributed by atoms with Gasteiger partial charge in [0.05, 0.1) is 18.2 Å². The van der Waals surface area contributed by atoms with E-state index in [-0.39, 0.29) is 5.91 Å². The Balaban J connectivity index is 1.80. The average Bonchev–Trinajstić information content (AvgIpc) is 2.66. The van der Waals surface area contributed by atoms with Gasteiger partial charge in [0.1, 0.15) is 6.04 Å². The van der Waals surface area contributed by atoms with Gasteiger partial charge < -0.3 is 10.1 Å². The molecule has 0 aliphatic rings. The van der Waals surface area contributed by atoms with Crippen LogP contribution in [0.5, 0.6) is 0 Å². The van der Waals surface area contributed by atoms with Gasteiger partial charge in [0.2, 0.25) is 0 Å². The Morgan fingerprint density at radius 3 is 2.73 bits per heavy atom. The van der Waals surface area contributed by atoms with Crippen LogP contribution in [0, 0.1) is 3.57 Å². The zero-order valence-electron chi connectivity index (χ0n) is 14.1. The van der Waals surface area contributed by atoms with Crippen LogP contribution < -0.4 is 5.32 Å². The van der Waals surface area contributed by atoms with E-state index in [2.05, 4.69) is 32.9 Å². The van der Waals surface area contributed by atoms with Gasteiger partial charge in [-0.1, -0.05) is 30.3 Å². The number of carbonyl (C=O) groups is 2. The summed E-state index contributed by atoms with van der Waals surface area (Å²) in [5, 5.41) is 3.63. The van der Waals surface area contributed by atoms with Crippen molar-refractivity contribution in [2.45, 2.75) is 12.5 Å². The predicted molar refractivity (Wildman–Crippen MR) is 108 cm³/mol. The van der Waals surface area contributed by atoms with Crippen LogP contribution in [0.25, 0.3) is 10.9 Å². The number of ether oxygens (including phenoxy) is 1. The van der Waals surface area contributed by atoms with Crippen LogP contribution in [0.15, 0.2) is 60.8 Å². The first kappa shape index (κ1) is 18.3. The van der Waals surface area contributed by atoms with Crippen LogP contribution in [0.3, 0.4) is 0 Å². The highest BCUT2D eigenvalue weighted by Gasteiger charge is 2.23. The van der Waals surface area contributed by atoms with Crippen molar-refractivity contribution >= 4 is 45.4 Å². The van der Waals surface area contributed by atoms with Crippen LogP contribution in [-0.2, 0) is 16.0 Å². The monoisotopic (exact) mass is 460 g/mol. The summed E-state index contributed by atoms with van der Waals surface area (Å²) in [4.78, 5) is 29.0. The molecule has 1 aromatic heterocycles. The van der Waals surface area contributed by atoms with Crippen molar-refractivity contribution < 1.29 is 14.3 Å². The topological polar surface area (TPSA) is 68.3 Å². The second-order valence-corrected chi connectivity index (χ2v) is 7.05. The number of para-hydroxylation sites is 1. The van der Waals surface area contributed by atoms with Gasteiger partial charge in [0.25, 0.3) is 5.91 Å². The van der Waals surface area contributed by atoms with Gasteiger partial charge in [0, 0.05) is 21.6 Å². The number of hydrogen-bond acceptors (Lipinski definition) is 4. The lowest BCUT2D eigenvalue weighted by atomic mass is 10.1. The molecule has 26 heavy (non-hydrogen) atoms. The fourth-order valence-electron chi connectivity index (χ4n) is 2.67. The average molecular weight is 460 g/mol. The molecule has 6 heteroatoms. The molecule has 0 unspecified atom stereocenters. The van der Waals surface area contributed by atoms with E-state index in [0.717, 1.165) is 20.0 Å². The molecule has 1 amide bonds. The molecule has 0 saturated carbocycles. The molecule has 5 nitrogen and oxygen atoms in total. The van der Waals surface area contributed by atoms with Crippen LogP contribution in [0.2, 0.25) is 0 Å². The standard InChI is InChI=1S/C20H17IN2O3/c1-26-20(25)18(10-13-5-4-7-16(21)9-13)23-19(24)15-11-14-6-2-3-8-17(14)22-12-15/h2-9,11-12,18H,10H2,1H3,(H,23,24)/t18-/m1/s1. The van der Waals surface area contributed by atoms with Crippen LogP contribution in [0.4, 0.5) is 0 Å². The Labute approximate surface area is 164 Å². The number of rotatable bonds is 5. The summed E-state index contributed by atoms with van der Waals surface area (Å²) in [5.41, 5.74) is 2.16. The summed E-state index contributed by atoms with van der Waals surface area (Å²) in [5.74, 6) is -0.838. The number of methoxy groups -OCH3 is 1. The number of aromatic nitrogens is 1. The highest BCUT2D eigenvalue weighted by molar-refractivity contribution is 14.1. The molecular weight excluding hydrogens is 443 g/mol. The van der Waals surface area contributed by atoms with Crippen molar-refractivity contribution in [2.24, 2.45) is 0 Å². The molecule has 0 aliphatic carbocycles. The van der Waals surface area contributed by atoms with E-state index < -0.39 is 12.0 Å². The summed E-state index contributed by atoms with van der Waals surface area (Å²) in [7, 11) is 1.31. The molecule has 2 aromatic carbocycles. The Morgan fingerprint density at radius 1 is 1.15 bits per heavy atom. The molecule has 0 spiro atoms. The number of amides is 1. The molecule has 0 radical (unpaired) electrons. The Bertz CT molecular complexity index is 958. The second kappa shape index (κ2) is 8.27. The third-order valence-electron chi connectivity index (χ3n) is 3.97. The van der Waals surface area contributed by atoms with Crippen molar-refractivity contribution in [1.29, 1.82) is 0 Å². The number of carbonyl (C=O) groups excluding carboxylic acids is 2. The summed E-state index contributed by atoms with van der Waals surface area (Å²) in [6.07, 6.45) is 1.87. The van der Waals surface area contributed by atoms with E-state index in [0.29, 0.717) is 12.0 Å². The van der Waals surface area contributed by atoms with E-state index in [1.807, 2.05) is 48.5 Å². The number of fused-ring (bicyclic) bond motifs is 1. The van der Waals surface area contributed by atoms with Gasteiger partial charge in [-0.2, -0.15) is 0 Å². The van der Waals surface area contributed by atoms with Crippen molar-refractivity contribution in [2.75, 3.05) is 7.11 Å². The largest absolute Gasteiger partial charge is 0.467 e. The van der Waals surface area contributed by atoms with Gasteiger partial charge in [0.15, 0.2) is 0 Å². The zero-order chi connectivity index (χ0) is 18.5. The number of esters is 1. The number of benzene rings is 2. The molecule has 1 N–H and O–H groups in total. The molecule has 1 atom stereocenters. The maximum atomic E-state index is 12.6. The highest BCUT2D eigenvalue weighted by atomic mass is 127.